The van der Waals surface area contributed by atoms with Crippen LogP contribution < -0.4 is 0 Å². The summed E-state index contributed by atoms with van der Waals surface area (Å²) in [5.74, 6) is 0. The van der Waals surface area contributed by atoms with Crippen molar-refractivity contribution in [3.8, 4) is 0 Å². The minimum Gasteiger partial charge on any atom is -0.258 e. The summed E-state index contributed by atoms with van der Waals surface area (Å²) in [5.41, 5.74) is 2.43. The van der Waals surface area contributed by atoms with Crippen molar-refractivity contribution in [2.45, 2.75) is 4.90 Å². The lowest BCUT2D eigenvalue weighted by Gasteiger charge is -2.03. The van der Waals surface area contributed by atoms with Crippen LogP contribution in [0.3, 0.4) is 0 Å². The van der Waals surface area contributed by atoms with Gasteiger partial charge in [-0.1, -0.05) is 52.0 Å². The lowest BCUT2D eigenvalue weighted by molar-refractivity contribution is -0.384. The van der Waals surface area contributed by atoms with Gasteiger partial charge in [-0.3, -0.25) is 10.1 Å². The van der Waals surface area contributed by atoms with Crippen LogP contribution in [0.4, 0.5) is 11.4 Å². The lowest BCUT2D eigenvalue weighted by atomic mass is 10.1. The highest BCUT2D eigenvalue weighted by atomic mass is 79.9. The van der Waals surface area contributed by atoms with E-state index in [-0.39, 0.29) is 5.69 Å². The van der Waals surface area contributed by atoms with Gasteiger partial charge in [0.15, 0.2) is 0 Å². The number of rotatable bonds is 6. The fourth-order valence-electron chi connectivity index (χ4n) is 2.31. The summed E-state index contributed by atoms with van der Waals surface area (Å²) in [6.07, 6.45) is 1.92. The molecular weight excluding hydrogens is 424 g/mol. The number of hydrogen-bond donors (Lipinski definition) is 0. The number of allylic oxidation sites excluding steroid dienone is 1. The van der Waals surface area contributed by atoms with E-state index in [4.69, 9.17) is 0 Å². The van der Waals surface area contributed by atoms with E-state index in [9.17, 15) is 10.1 Å². The zero-order chi connectivity index (χ0) is 19.1. The Morgan fingerprint density at radius 2 is 1.74 bits per heavy atom. The van der Waals surface area contributed by atoms with E-state index in [0.29, 0.717) is 0 Å². The molecule has 0 heterocycles. The molecule has 0 aromatic heterocycles. The molecule has 27 heavy (non-hydrogen) atoms. The Morgan fingerprint density at radius 1 is 1.00 bits per heavy atom. The van der Waals surface area contributed by atoms with Crippen LogP contribution in [0.25, 0.3) is 0 Å². The second-order valence-electron chi connectivity index (χ2n) is 5.51. The molecule has 0 spiro atoms. The van der Waals surface area contributed by atoms with Crippen molar-refractivity contribution in [1.29, 1.82) is 0 Å². The number of thioether (sulfide) groups is 1. The van der Waals surface area contributed by atoms with E-state index in [1.165, 1.54) is 12.1 Å². The zero-order valence-corrected chi connectivity index (χ0v) is 16.6. The molecule has 0 aliphatic heterocycles. The summed E-state index contributed by atoms with van der Waals surface area (Å²) >= 11 is 5.04. The maximum atomic E-state index is 10.9. The monoisotopic (exact) mass is 438 g/mol. The quantitative estimate of drug-likeness (QED) is 0.184. The normalized spacial score (nSPS) is 11.7. The molecule has 134 valence electrons. The molecule has 4 nitrogen and oxygen atoms in total. The van der Waals surface area contributed by atoms with Crippen LogP contribution in [-0.4, -0.2) is 10.6 Å². The lowest BCUT2D eigenvalue weighted by Crippen LogP contribution is -1.97. The topological polar surface area (TPSA) is 55.5 Å². The fourth-order valence-corrected chi connectivity index (χ4v) is 3.57. The van der Waals surface area contributed by atoms with E-state index in [1.807, 2.05) is 66.1 Å². The molecule has 0 aliphatic rings. The minimum atomic E-state index is -0.406. The van der Waals surface area contributed by atoms with Crippen LogP contribution >= 0.6 is 27.7 Å². The molecule has 0 fully saturated rings. The van der Waals surface area contributed by atoms with Gasteiger partial charge in [0.25, 0.3) is 5.69 Å². The van der Waals surface area contributed by atoms with Crippen LogP contribution in [0.15, 0.2) is 105 Å². The highest BCUT2D eigenvalue weighted by molar-refractivity contribution is 9.10. The van der Waals surface area contributed by atoms with Gasteiger partial charge in [-0.25, -0.2) is 4.99 Å². The molecule has 0 atom stereocenters. The highest BCUT2D eigenvalue weighted by Gasteiger charge is 2.07. The zero-order valence-electron chi connectivity index (χ0n) is 14.2. The second-order valence-corrected chi connectivity index (χ2v) is 7.41. The van der Waals surface area contributed by atoms with Gasteiger partial charge in [-0.05, 0) is 53.9 Å². The molecule has 0 amide bonds. The van der Waals surface area contributed by atoms with Crippen molar-refractivity contribution in [3.63, 3.8) is 0 Å². The average Bonchev–Trinajstić information content (AvgIpc) is 2.68. The summed E-state index contributed by atoms with van der Waals surface area (Å²) in [7, 11) is 0. The van der Waals surface area contributed by atoms with E-state index in [1.54, 1.807) is 23.9 Å². The van der Waals surface area contributed by atoms with Crippen LogP contribution in [0.2, 0.25) is 0 Å². The summed E-state index contributed by atoms with van der Waals surface area (Å²) in [4.78, 5) is 16.3. The molecule has 3 aromatic carbocycles. The van der Waals surface area contributed by atoms with E-state index >= 15 is 0 Å². The largest absolute Gasteiger partial charge is 0.269 e. The van der Waals surface area contributed by atoms with Crippen LogP contribution in [-0.2, 0) is 0 Å². The standard InChI is InChI=1S/C21H15BrN2O2S/c22-17-5-4-8-20(15-17)27-14-13-21(23-18-6-2-1-3-7-18)16-9-11-19(12-10-16)24(25)26/h1-15H. The Kier molecular flexibility index (Phi) is 6.57. The van der Waals surface area contributed by atoms with E-state index < -0.39 is 4.92 Å². The molecule has 0 saturated heterocycles. The molecule has 0 saturated carbocycles. The summed E-state index contributed by atoms with van der Waals surface area (Å²) in [6.45, 7) is 0. The maximum absolute atomic E-state index is 10.9. The molecule has 6 heteroatoms. The average molecular weight is 439 g/mol. The van der Waals surface area contributed by atoms with E-state index in [2.05, 4.69) is 20.9 Å². The Morgan fingerprint density at radius 3 is 2.41 bits per heavy atom. The number of nitro groups is 1. The van der Waals surface area contributed by atoms with Gasteiger partial charge in [-0.15, -0.1) is 0 Å². The first-order chi connectivity index (χ1) is 13.1. The van der Waals surface area contributed by atoms with Crippen molar-refractivity contribution in [3.05, 3.63) is 110 Å². The van der Waals surface area contributed by atoms with Crippen molar-refractivity contribution in [2.24, 2.45) is 4.99 Å². The molecule has 0 bridgehead atoms. The first-order valence-corrected chi connectivity index (χ1v) is 9.76. The minimum absolute atomic E-state index is 0.0605. The molecule has 0 radical (unpaired) electrons. The number of hydrogen-bond acceptors (Lipinski definition) is 4. The third-order valence-corrected chi connectivity index (χ3v) is 4.90. The number of non-ortho nitro benzene ring substituents is 1. The van der Waals surface area contributed by atoms with Gasteiger partial charge in [0.1, 0.15) is 0 Å². The van der Waals surface area contributed by atoms with Crippen LogP contribution in [0.5, 0.6) is 0 Å². The van der Waals surface area contributed by atoms with Gasteiger partial charge in [0.2, 0.25) is 0 Å². The van der Waals surface area contributed by atoms with Crippen LogP contribution in [0.1, 0.15) is 5.56 Å². The van der Waals surface area contributed by atoms with E-state index in [0.717, 1.165) is 26.3 Å². The molecule has 3 aromatic rings. The smallest absolute Gasteiger partial charge is 0.258 e. The van der Waals surface area contributed by atoms with Gasteiger partial charge < -0.3 is 0 Å². The van der Waals surface area contributed by atoms with Gasteiger partial charge >= 0.3 is 0 Å². The van der Waals surface area contributed by atoms with Gasteiger partial charge in [0.05, 0.1) is 16.3 Å². The molecule has 0 unspecified atom stereocenters. The Balaban J connectivity index is 1.89. The Bertz CT molecular complexity index is 987. The summed E-state index contributed by atoms with van der Waals surface area (Å²) < 4.78 is 1.02. The van der Waals surface area contributed by atoms with Crippen LogP contribution in [0, 0.1) is 10.1 Å². The first kappa shape index (κ1) is 19.1. The maximum Gasteiger partial charge on any atom is 0.269 e. The summed E-state index contributed by atoms with van der Waals surface area (Å²) in [6, 6.07) is 24.1. The van der Waals surface area contributed by atoms with Crippen molar-refractivity contribution in [2.75, 3.05) is 0 Å². The molecule has 3 rings (SSSR count). The third-order valence-electron chi connectivity index (χ3n) is 3.61. The van der Waals surface area contributed by atoms with Gasteiger partial charge in [0, 0.05) is 27.1 Å². The first-order valence-electron chi connectivity index (χ1n) is 8.09. The number of benzene rings is 3. The molecule has 0 N–H and O–H groups in total. The Hall–Kier alpha value is -2.70. The predicted molar refractivity (Wildman–Crippen MR) is 115 cm³/mol. The third kappa shape index (κ3) is 5.64. The number of halogens is 1. The van der Waals surface area contributed by atoms with Crippen molar-refractivity contribution in [1.82, 2.24) is 0 Å². The fraction of sp³-hybridized carbons (Fsp3) is 0. The number of nitro benzene ring substituents is 1. The molecule has 0 aliphatic carbocycles. The number of aliphatic imine (C=N–C) groups is 1. The highest BCUT2D eigenvalue weighted by Crippen LogP contribution is 2.24. The van der Waals surface area contributed by atoms with Gasteiger partial charge in [-0.2, -0.15) is 0 Å². The predicted octanol–water partition coefficient (Wildman–Crippen LogP) is 6.78. The SMILES string of the molecule is O=[N+]([O-])c1ccc(C(C=CSc2cccc(Br)c2)=Nc2ccccc2)cc1. The summed E-state index contributed by atoms with van der Waals surface area (Å²) in [5, 5.41) is 12.8. The Labute approximate surface area is 169 Å². The molecular formula is C21H15BrN2O2S. The number of para-hydroxylation sites is 1. The second kappa shape index (κ2) is 9.30. The van der Waals surface area contributed by atoms with Crippen molar-refractivity contribution < 1.29 is 4.92 Å². The van der Waals surface area contributed by atoms with Crippen molar-refractivity contribution >= 4 is 44.8 Å². The number of nitrogens with zero attached hydrogens (tertiary/aromatic N) is 2.